The Labute approximate surface area is 201 Å². The summed E-state index contributed by atoms with van der Waals surface area (Å²) in [6.45, 7) is 4.17. The minimum atomic E-state index is -3.00. The number of nitrogens with zero attached hydrogens (tertiary/aromatic N) is 3. The van der Waals surface area contributed by atoms with Crippen LogP contribution in [-0.2, 0) is 27.6 Å². The number of ether oxygens (including phenoxy) is 1. The lowest BCUT2D eigenvalue weighted by molar-refractivity contribution is -0.132. The molecule has 0 unspecified atom stereocenters. The number of carbonyl (C=O) groups excluding carboxylic acids is 1. The average molecular weight is 482 g/mol. The number of aromatic nitrogens is 2. The van der Waals surface area contributed by atoms with Crippen LogP contribution in [0.1, 0.15) is 40.5 Å². The van der Waals surface area contributed by atoms with Crippen molar-refractivity contribution in [2.75, 3.05) is 25.2 Å². The second-order valence-electron chi connectivity index (χ2n) is 8.96. The maximum Gasteiger partial charge on any atom is 0.260 e. The van der Waals surface area contributed by atoms with Gasteiger partial charge in [-0.25, -0.2) is 8.42 Å². The van der Waals surface area contributed by atoms with E-state index in [1.807, 2.05) is 61.0 Å². The van der Waals surface area contributed by atoms with Gasteiger partial charge in [-0.05, 0) is 37.5 Å². The lowest BCUT2D eigenvalue weighted by Crippen LogP contribution is -2.31. The molecule has 1 aliphatic rings. The van der Waals surface area contributed by atoms with E-state index < -0.39 is 9.84 Å². The molecule has 7 nitrogen and oxygen atoms in total. The van der Waals surface area contributed by atoms with Crippen LogP contribution >= 0.6 is 0 Å². The molecule has 1 aliphatic heterocycles. The molecule has 0 spiro atoms. The summed E-state index contributed by atoms with van der Waals surface area (Å²) in [4.78, 5) is 14.5. The van der Waals surface area contributed by atoms with E-state index in [0.29, 0.717) is 18.7 Å². The van der Waals surface area contributed by atoms with Crippen molar-refractivity contribution in [3.8, 4) is 5.75 Å². The van der Waals surface area contributed by atoms with Gasteiger partial charge in [-0.2, -0.15) is 5.10 Å². The van der Waals surface area contributed by atoms with E-state index >= 15 is 0 Å². The van der Waals surface area contributed by atoms with Gasteiger partial charge in [-0.3, -0.25) is 9.48 Å². The summed E-state index contributed by atoms with van der Waals surface area (Å²) in [7, 11) is -1.25. The van der Waals surface area contributed by atoms with E-state index in [9.17, 15) is 13.2 Å². The van der Waals surface area contributed by atoms with Gasteiger partial charge in [-0.1, -0.05) is 48.5 Å². The Morgan fingerprint density at radius 1 is 1.12 bits per heavy atom. The first kappa shape index (κ1) is 24.0. The van der Waals surface area contributed by atoms with E-state index in [1.165, 1.54) is 5.56 Å². The zero-order valence-electron chi connectivity index (χ0n) is 19.9. The van der Waals surface area contributed by atoms with Gasteiger partial charge in [-0.15, -0.1) is 0 Å². The van der Waals surface area contributed by atoms with Crippen LogP contribution in [0.4, 0.5) is 0 Å². The minimum Gasteiger partial charge on any atom is -0.483 e. The highest BCUT2D eigenvalue weighted by atomic mass is 32.2. The molecule has 3 aromatic rings. The van der Waals surface area contributed by atoms with Gasteiger partial charge in [0.1, 0.15) is 5.75 Å². The molecule has 34 heavy (non-hydrogen) atoms. The van der Waals surface area contributed by atoms with Crippen LogP contribution in [0.2, 0.25) is 0 Å². The van der Waals surface area contributed by atoms with Gasteiger partial charge in [0.05, 0.1) is 23.2 Å². The van der Waals surface area contributed by atoms with Crippen molar-refractivity contribution in [3.05, 3.63) is 82.7 Å². The summed E-state index contributed by atoms with van der Waals surface area (Å²) in [6.07, 6.45) is 1.31. The third kappa shape index (κ3) is 5.50. The Balaban J connectivity index is 1.39. The van der Waals surface area contributed by atoms with Gasteiger partial charge >= 0.3 is 0 Å². The fraction of sp³-hybridized carbons (Fsp3) is 0.385. The van der Waals surface area contributed by atoms with Crippen molar-refractivity contribution in [3.63, 3.8) is 0 Å². The molecule has 2 aromatic carbocycles. The van der Waals surface area contributed by atoms with Crippen molar-refractivity contribution in [2.45, 2.75) is 39.3 Å². The summed E-state index contributed by atoms with van der Waals surface area (Å²) in [5.74, 6) is 0.895. The number of benzene rings is 2. The van der Waals surface area contributed by atoms with Crippen molar-refractivity contribution in [2.24, 2.45) is 0 Å². The van der Waals surface area contributed by atoms with Gasteiger partial charge < -0.3 is 9.64 Å². The second-order valence-corrected chi connectivity index (χ2v) is 11.2. The van der Waals surface area contributed by atoms with Crippen molar-refractivity contribution >= 4 is 15.7 Å². The summed E-state index contributed by atoms with van der Waals surface area (Å²) < 4.78 is 31.5. The highest BCUT2D eigenvalue weighted by molar-refractivity contribution is 7.91. The smallest absolute Gasteiger partial charge is 0.260 e. The predicted octanol–water partition coefficient (Wildman–Crippen LogP) is 3.49. The summed E-state index contributed by atoms with van der Waals surface area (Å²) in [5.41, 5.74) is 4.89. The molecular weight excluding hydrogens is 450 g/mol. The Hall–Kier alpha value is -3.13. The standard InChI is InChI=1S/C26H31N3O4S/c1-19-24(20(2)29(27-19)23-13-14-34(31,32)18-23)16-28(3)26(30)17-33-25-12-8-7-11-22(25)15-21-9-5-4-6-10-21/h4-12,23H,13-18H2,1-3H3/t23-/m0/s1. The van der Waals surface area contributed by atoms with E-state index in [4.69, 9.17) is 4.74 Å². The second kappa shape index (κ2) is 10.0. The monoisotopic (exact) mass is 481 g/mol. The Morgan fingerprint density at radius 2 is 1.82 bits per heavy atom. The fourth-order valence-electron chi connectivity index (χ4n) is 4.43. The zero-order chi connectivity index (χ0) is 24.3. The van der Waals surface area contributed by atoms with Gasteiger partial charge in [0, 0.05) is 31.3 Å². The van der Waals surface area contributed by atoms with Crippen LogP contribution < -0.4 is 4.74 Å². The quantitative estimate of drug-likeness (QED) is 0.492. The third-order valence-electron chi connectivity index (χ3n) is 6.41. The SMILES string of the molecule is Cc1nn([C@H]2CCS(=O)(=O)C2)c(C)c1CN(C)C(=O)COc1ccccc1Cc1ccccc1. The van der Waals surface area contributed by atoms with Gasteiger partial charge in [0.25, 0.3) is 5.91 Å². The van der Waals surface area contributed by atoms with E-state index in [0.717, 1.165) is 28.9 Å². The first-order valence-corrected chi connectivity index (χ1v) is 13.3. The zero-order valence-corrected chi connectivity index (χ0v) is 20.7. The van der Waals surface area contributed by atoms with E-state index in [1.54, 1.807) is 11.9 Å². The normalized spacial score (nSPS) is 17.0. The highest BCUT2D eigenvalue weighted by Gasteiger charge is 2.31. The molecule has 4 rings (SSSR count). The number of rotatable bonds is 8. The summed E-state index contributed by atoms with van der Waals surface area (Å²) >= 11 is 0. The number of sulfone groups is 1. The Morgan fingerprint density at radius 3 is 2.53 bits per heavy atom. The van der Waals surface area contributed by atoms with Crippen molar-refractivity contribution in [1.82, 2.24) is 14.7 Å². The number of likely N-dealkylation sites (N-methyl/N-ethyl adjacent to an activating group) is 1. The number of para-hydroxylation sites is 1. The first-order chi connectivity index (χ1) is 16.2. The lowest BCUT2D eigenvalue weighted by Gasteiger charge is -2.19. The molecule has 0 N–H and O–H groups in total. The molecule has 8 heteroatoms. The maximum absolute atomic E-state index is 12.9. The molecule has 180 valence electrons. The first-order valence-electron chi connectivity index (χ1n) is 11.5. The Kier molecular flexibility index (Phi) is 7.07. The highest BCUT2D eigenvalue weighted by Crippen LogP contribution is 2.27. The van der Waals surface area contributed by atoms with E-state index in [-0.39, 0.29) is 30.1 Å². The molecule has 2 heterocycles. The number of hydrogen-bond acceptors (Lipinski definition) is 5. The molecule has 1 atom stereocenters. The Bertz CT molecular complexity index is 1270. The molecule has 0 aliphatic carbocycles. The number of aryl methyl sites for hydroxylation is 1. The van der Waals surface area contributed by atoms with Crippen LogP contribution in [0.15, 0.2) is 54.6 Å². The molecule has 1 saturated heterocycles. The van der Waals surface area contributed by atoms with E-state index in [2.05, 4.69) is 17.2 Å². The van der Waals surface area contributed by atoms with Crippen LogP contribution in [0.3, 0.4) is 0 Å². The number of carbonyl (C=O) groups is 1. The predicted molar refractivity (Wildman–Crippen MR) is 132 cm³/mol. The van der Waals surface area contributed by atoms with Crippen LogP contribution in [0, 0.1) is 13.8 Å². The third-order valence-corrected chi connectivity index (χ3v) is 8.16. The van der Waals surface area contributed by atoms with Gasteiger partial charge in [0.15, 0.2) is 16.4 Å². The van der Waals surface area contributed by atoms with Gasteiger partial charge in [0.2, 0.25) is 0 Å². The van der Waals surface area contributed by atoms with Crippen LogP contribution in [0.25, 0.3) is 0 Å². The topological polar surface area (TPSA) is 81.5 Å². The number of hydrogen-bond donors (Lipinski definition) is 0. The maximum atomic E-state index is 12.9. The molecule has 1 amide bonds. The number of amides is 1. The fourth-order valence-corrected chi connectivity index (χ4v) is 6.12. The largest absolute Gasteiger partial charge is 0.483 e. The van der Waals surface area contributed by atoms with Crippen LogP contribution in [-0.4, -0.2) is 54.2 Å². The molecular formula is C26H31N3O4S. The minimum absolute atomic E-state index is 0.0601. The summed E-state index contributed by atoms with van der Waals surface area (Å²) in [5, 5.41) is 4.60. The molecule has 1 aromatic heterocycles. The van der Waals surface area contributed by atoms with Crippen LogP contribution in [0.5, 0.6) is 5.75 Å². The summed E-state index contributed by atoms with van der Waals surface area (Å²) in [6, 6.07) is 17.8. The molecule has 0 saturated carbocycles. The van der Waals surface area contributed by atoms with Crippen molar-refractivity contribution < 1.29 is 17.9 Å². The molecule has 0 radical (unpaired) electrons. The lowest BCUT2D eigenvalue weighted by atomic mass is 10.0. The molecule has 0 bridgehead atoms. The average Bonchev–Trinajstić information content (AvgIpc) is 3.32. The van der Waals surface area contributed by atoms with Crippen molar-refractivity contribution in [1.29, 1.82) is 0 Å². The molecule has 1 fully saturated rings.